The number of hydrogen-bond donors (Lipinski definition) is 3. The highest BCUT2D eigenvalue weighted by Gasteiger charge is 2.27. The van der Waals surface area contributed by atoms with Crippen molar-refractivity contribution in [2.75, 3.05) is 12.4 Å². The quantitative estimate of drug-likeness (QED) is 0.715. The Morgan fingerprint density at radius 3 is 2.72 bits per heavy atom. The highest BCUT2D eigenvalue weighted by molar-refractivity contribution is 8.05. The van der Waals surface area contributed by atoms with E-state index >= 15 is 0 Å². The first-order chi connectivity index (χ1) is 12.1. The second kappa shape index (κ2) is 7.53. The molecule has 0 bridgehead atoms. The Labute approximate surface area is 151 Å². The first-order valence-electron chi connectivity index (χ1n) is 8.00. The van der Waals surface area contributed by atoms with Gasteiger partial charge in [-0.1, -0.05) is 36.9 Å². The lowest BCUT2D eigenvalue weighted by Gasteiger charge is -2.12. The minimum atomic E-state index is -0.217. The maximum atomic E-state index is 12.2. The van der Waals surface area contributed by atoms with E-state index in [1.165, 1.54) is 24.4 Å². The number of benzene rings is 2. The zero-order chi connectivity index (χ0) is 17.8. The standard InChI is InChI=1S/C19H20N2O3S/c1-3-12-4-7-14(8-5-12)20-19-21-18(23)17(25-19)11-13-6-9-15(22)16(10-13)24-2/h4-11,19-20,22H,3H2,1-2H3,(H,21,23)/b17-11-/t19-/m1/s1. The number of thioether (sulfide) groups is 1. The molecule has 130 valence electrons. The Hall–Kier alpha value is -2.60. The lowest BCUT2D eigenvalue weighted by Crippen LogP contribution is -2.30. The number of phenolic OH excluding ortho intramolecular Hbond substituents is 1. The number of amides is 1. The zero-order valence-electron chi connectivity index (χ0n) is 14.1. The molecule has 5 nitrogen and oxygen atoms in total. The van der Waals surface area contributed by atoms with Crippen molar-refractivity contribution in [1.82, 2.24) is 5.32 Å². The van der Waals surface area contributed by atoms with Gasteiger partial charge in [0.1, 0.15) is 0 Å². The summed E-state index contributed by atoms with van der Waals surface area (Å²) >= 11 is 1.42. The third-order valence-corrected chi connectivity index (χ3v) is 4.92. The largest absolute Gasteiger partial charge is 0.504 e. The number of aromatic hydroxyl groups is 1. The predicted molar refractivity (Wildman–Crippen MR) is 102 cm³/mol. The van der Waals surface area contributed by atoms with Crippen molar-refractivity contribution in [3.8, 4) is 11.5 Å². The number of ether oxygens (including phenoxy) is 1. The number of aryl methyl sites for hydroxylation is 1. The molecular weight excluding hydrogens is 336 g/mol. The maximum absolute atomic E-state index is 12.2. The molecule has 6 heteroatoms. The topological polar surface area (TPSA) is 70.6 Å². The molecule has 2 aromatic carbocycles. The highest BCUT2D eigenvalue weighted by Crippen LogP contribution is 2.32. The number of anilines is 1. The molecule has 3 N–H and O–H groups in total. The number of hydrogen-bond acceptors (Lipinski definition) is 5. The third-order valence-electron chi connectivity index (χ3n) is 3.89. The maximum Gasteiger partial charge on any atom is 0.260 e. The molecule has 1 fully saturated rings. The predicted octanol–water partition coefficient (Wildman–Crippen LogP) is 3.56. The fraction of sp³-hybridized carbons (Fsp3) is 0.211. The number of carbonyl (C=O) groups is 1. The molecule has 1 saturated heterocycles. The van der Waals surface area contributed by atoms with Gasteiger partial charge in [-0.3, -0.25) is 4.79 Å². The monoisotopic (exact) mass is 356 g/mol. The van der Waals surface area contributed by atoms with Crippen LogP contribution in [-0.4, -0.2) is 23.6 Å². The molecule has 25 heavy (non-hydrogen) atoms. The van der Waals surface area contributed by atoms with Gasteiger partial charge in [0, 0.05) is 5.69 Å². The van der Waals surface area contributed by atoms with E-state index in [4.69, 9.17) is 4.74 Å². The van der Waals surface area contributed by atoms with Crippen LogP contribution in [0.3, 0.4) is 0 Å². The van der Waals surface area contributed by atoms with Crippen LogP contribution in [0.4, 0.5) is 5.69 Å². The summed E-state index contributed by atoms with van der Waals surface area (Å²) in [6.45, 7) is 2.12. The lowest BCUT2D eigenvalue weighted by molar-refractivity contribution is -0.116. The second-order valence-corrected chi connectivity index (χ2v) is 6.75. The van der Waals surface area contributed by atoms with E-state index in [-0.39, 0.29) is 17.2 Å². The van der Waals surface area contributed by atoms with Crippen LogP contribution >= 0.6 is 11.8 Å². The Balaban J connectivity index is 1.71. The zero-order valence-corrected chi connectivity index (χ0v) is 14.9. The molecule has 0 aliphatic carbocycles. The fourth-order valence-electron chi connectivity index (χ4n) is 2.49. The summed E-state index contributed by atoms with van der Waals surface area (Å²) in [5.41, 5.74) is 2.81. The molecule has 3 rings (SSSR count). The van der Waals surface area contributed by atoms with Crippen LogP contribution in [-0.2, 0) is 11.2 Å². The van der Waals surface area contributed by atoms with E-state index in [0.29, 0.717) is 10.7 Å². The van der Waals surface area contributed by atoms with Crippen molar-refractivity contribution in [2.45, 2.75) is 18.8 Å². The van der Waals surface area contributed by atoms with Gasteiger partial charge in [0.05, 0.1) is 12.0 Å². The number of methoxy groups -OCH3 is 1. The summed E-state index contributed by atoms with van der Waals surface area (Å²) < 4.78 is 5.10. The van der Waals surface area contributed by atoms with E-state index in [1.807, 2.05) is 12.1 Å². The van der Waals surface area contributed by atoms with Crippen LogP contribution in [0.2, 0.25) is 0 Å². The molecule has 1 atom stereocenters. The van der Waals surface area contributed by atoms with E-state index < -0.39 is 0 Å². The normalized spacial score (nSPS) is 18.2. The van der Waals surface area contributed by atoms with Gasteiger partial charge in [-0.2, -0.15) is 0 Å². The Morgan fingerprint density at radius 2 is 2.04 bits per heavy atom. The smallest absolute Gasteiger partial charge is 0.260 e. The summed E-state index contributed by atoms with van der Waals surface area (Å²) in [5.74, 6) is 0.325. The van der Waals surface area contributed by atoms with Crippen molar-refractivity contribution >= 4 is 29.4 Å². The molecule has 0 unspecified atom stereocenters. The van der Waals surface area contributed by atoms with Crippen molar-refractivity contribution in [1.29, 1.82) is 0 Å². The fourth-order valence-corrected chi connectivity index (χ4v) is 3.47. The van der Waals surface area contributed by atoms with Crippen LogP contribution < -0.4 is 15.4 Å². The molecule has 0 spiro atoms. The minimum Gasteiger partial charge on any atom is -0.504 e. The van der Waals surface area contributed by atoms with Crippen molar-refractivity contribution in [2.24, 2.45) is 0 Å². The Kier molecular flexibility index (Phi) is 5.19. The number of rotatable bonds is 5. The molecule has 0 saturated carbocycles. The van der Waals surface area contributed by atoms with E-state index in [1.54, 1.807) is 24.3 Å². The van der Waals surface area contributed by atoms with Crippen molar-refractivity contribution in [3.05, 3.63) is 58.5 Å². The van der Waals surface area contributed by atoms with Gasteiger partial charge < -0.3 is 20.5 Å². The van der Waals surface area contributed by atoms with Crippen LogP contribution in [0.25, 0.3) is 6.08 Å². The van der Waals surface area contributed by atoms with Gasteiger partial charge in [0.15, 0.2) is 17.0 Å². The summed E-state index contributed by atoms with van der Waals surface area (Å²) in [6.07, 6.45) is 2.78. The highest BCUT2D eigenvalue weighted by atomic mass is 32.2. The van der Waals surface area contributed by atoms with Gasteiger partial charge >= 0.3 is 0 Å². The van der Waals surface area contributed by atoms with Gasteiger partial charge in [0.25, 0.3) is 5.91 Å². The molecule has 0 radical (unpaired) electrons. The molecule has 1 aliphatic rings. The molecule has 1 aliphatic heterocycles. The van der Waals surface area contributed by atoms with Crippen molar-refractivity contribution < 1.29 is 14.6 Å². The molecule has 2 aromatic rings. The SMILES string of the molecule is CCc1ccc(N[C@@H]2NC(=O)/C(=C/c3ccc(O)c(OC)c3)S2)cc1. The minimum absolute atomic E-state index is 0.0724. The van der Waals surface area contributed by atoms with Gasteiger partial charge in [0.2, 0.25) is 0 Å². The van der Waals surface area contributed by atoms with Gasteiger partial charge in [-0.25, -0.2) is 0 Å². The summed E-state index contributed by atoms with van der Waals surface area (Å²) in [5, 5.41) is 15.9. The summed E-state index contributed by atoms with van der Waals surface area (Å²) in [4.78, 5) is 12.8. The van der Waals surface area contributed by atoms with E-state index in [9.17, 15) is 9.90 Å². The molecular formula is C19H20N2O3S. The average Bonchev–Trinajstić information content (AvgIpc) is 2.96. The van der Waals surface area contributed by atoms with Crippen LogP contribution in [0, 0.1) is 0 Å². The lowest BCUT2D eigenvalue weighted by atomic mass is 10.1. The first kappa shape index (κ1) is 17.2. The second-order valence-electron chi connectivity index (χ2n) is 5.61. The number of nitrogens with one attached hydrogen (secondary N) is 2. The van der Waals surface area contributed by atoms with Crippen molar-refractivity contribution in [3.63, 3.8) is 0 Å². The Bertz CT molecular complexity index is 803. The number of carbonyl (C=O) groups excluding carboxylic acids is 1. The third kappa shape index (κ3) is 4.09. The van der Waals surface area contributed by atoms with Crippen LogP contribution in [0.15, 0.2) is 47.4 Å². The van der Waals surface area contributed by atoms with E-state index in [0.717, 1.165) is 17.7 Å². The average molecular weight is 356 g/mol. The molecule has 1 heterocycles. The Morgan fingerprint density at radius 1 is 1.28 bits per heavy atom. The van der Waals surface area contributed by atoms with Gasteiger partial charge in [-0.15, -0.1) is 0 Å². The first-order valence-corrected chi connectivity index (χ1v) is 8.88. The molecule has 0 aromatic heterocycles. The van der Waals surface area contributed by atoms with E-state index in [2.05, 4.69) is 29.7 Å². The van der Waals surface area contributed by atoms with Crippen LogP contribution in [0.1, 0.15) is 18.1 Å². The summed E-state index contributed by atoms with van der Waals surface area (Å²) in [6, 6.07) is 13.2. The molecule has 1 amide bonds. The number of phenols is 1. The van der Waals surface area contributed by atoms with Gasteiger partial charge in [-0.05, 0) is 47.9 Å². The summed E-state index contributed by atoms with van der Waals surface area (Å²) in [7, 11) is 1.49. The van der Waals surface area contributed by atoms with Crippen LogP contribution in [0.5, 0.6) is 11.5 Å².